The van der Waals surface area contributed by atoms with Gasteiger partial charge in [0.15, 0.2) is 0 Å². The van der Waals surface area contributed by atoms with Crippen LogP contribution in [0, 0.1) is 0 Å². The number of hydrogen-bond acceptors (Lipinski definition) is 10. The normalized spacial score (nSPS) is 18.0. The first kappa shape index (κ1) is 53.7. The minimum absolute atomic E-state index is 0.504. The molecular formula is C40H90O10Si5. The van der Waals surface area contributed by atoms with Crippen molar-refractivity contribution in [3.63, 3.8) is 0 Å². The van der Waals surface area contributed by atoms with E-state index in [-0.39, 0.29) is 0 Å². The Hall–Kier alpha value is 0.684. The van der Waals surface area contributed by atoms with E-state index >= 15 is 0 Å². The molecule has 55 heavy (non-hydrogen) atoms. The fourth-order valence-electron chi connectivity index (χ4n) is 6.79. The van der Waals surface area contributed by atoms with Crippen molar-refractivity contribution in [1.82, 2.24) is 0 Å². The van der Waals surface area contributed by atoms with Gasteiger partial charge in [0.1, 0.15) is 0 Å². The quantitative estimate of drug-likeness (QED) is 0.0438. The molecule has 1 aliphatic heterocycles. The van der Waals surface area contributed by atoms with Gasteiger partial charge in [-0.1, -0.05) is 133 Å². The monoisotopic (exact) mass is 871 g/mol. The van der Waals surface area contributed by atoms with Crippen LogP contribution in [0.3, 0.4) is 0 Å². The molecule has 1 fully saturated rings. The lowest BCUT2D eigenvalue weighted by Gasteiger charge is -2.46. The van der Waals surface area contributed by atoms with E-state index in [9.17, 15) is 0 Å². The minimum atomic E-state index is -3.97. The zero-order chi connectivity index (χ0) is 40.8. The van der Waals surface area contributed by atoms with Gasteiger partial charge in [-0.3, -0.25) is 0 Å². The number of hydrogen-bond donors (Lipinski definition) is 0. The summed E-state index contributed by atoms with van der Waals surface area (Å²) in [7, 11) is -19.8. The fourth-order valence-corrected chi connectivity index (χ4v) is 135. The number of rotatable bonds is 40. The third-order valence-electron chi connectivity index (χ3n) is 10.2. The summed E-state index contributed by atoms with van der Waals surface area (Å²) in [5, 5.41) is 0. The molecule has 0 amide bonds. The smallest absolute Gasteiger partial charge is 0.393 e. The Balaban J connectivity index is 4.95. The Morgan fingerprint density at radius 2 is 0.273 bits per heavy atom. The van der Waals surface area contributed by atoms with Crippen LogP contribution < -0.4 is 0 Å². The molecule has 1 rings (SSSR count). The van der Waals surface area contributed by atoms with Crippen molar-refractivity contribution in [3.8, 4) is 0 Å². The predicted octanol–water partition coefficient (Wildman–Crippen LogP) is 10.8. The molecule has 0 radical (unpaired) electrons. The average Bonchev–Trinajstić information content (AvgIpc) is 3.30. The Bertz CT molecular complexity index is 676. The second-order valence-electron chi connectivity index (χ2n) is 15.1. The standard InChI is InChI=1S/C40H90O10Si5/c1-11-21-31-41-51(42-32-22-12-2)52(43-33-23-13-3,44-34-24-14-4)54(47-37-27-17-7,48-38-28-18-8)55(49-39-29-19-9,50-40-30-20-10)53(51,45-35-25-15-5)46-36-26-16-6/h11-40H2,1-10H3. The van der Waals surface area contributed by atoms with E-state index in [0.29, 0.717) is 66.1 Å². The zero-order valence-corrected chi connectivity index (χ0v) is 42.8. The first-order valence-corrected chi connectivity index (χ1v) is 37.3. The van der Waals surface area contributed by atoms with Crippen molar-refractivity contribution in [2.24, 2.45) is 0 Å². The molecule has 1 aliphatic rings. The molecule has 0 aromatic heterocycles. The molecule has 0 aliphatic carbocycles. The predicted molar refractivity (Wildman–Crippen MR) is 237 cm³/mol. The summed E-state index contributed by atoms with van der Waals surface area (Å²) in [6.45, 7) is 27.2. The van der Waals surface area contributed by atoms with E-state index < -0.39 is 38.0 Å². The minimum Gasteiger partial charge on any atom is -0.393 e. The van der Waals surface area contributed by atoms with Gasteiger partial charge in [-0.2, -0.15) is 0 Å². The van der Waals surface area contributed by atoms with Gasteiger partial charge in [0.2, 0.25) is 0 Å². The largest absolute Gasteiger partial charge is 0.433 e. The van der Waals surface area contributed by atoms with Crippen LogP contribution in [0.25, 0.3) is 0 Å². The van der Waals surface area contributed by atoms with Crippen LogP contribution in [-0.2, 0) is 44.3 Å². The SMILES string of the molecule is CCCCO[Si]1(OCCCC)[Si](OCCCC)(OCCCC)[Si](OCCCC)(OCCCC)[Si](OCCCC)(OCCCC)[Si]1(OCCCC)OCCCC. The van der Waals surface area contributed by atoms with E-state index in [1.807, 2.05) is 0 Å². The van der Waals surface area contributed by atoms with Crippen molar-refractivity contribution in [1.29, 1.82) is 0 Å². The Morgan fingerprint density at radius 1 is 0.182 bits per heavy atom. The van der Waals surface area contributed by atoms with E-state index in [2.05, 4.69) is 69.2 Å². The molecule has 0 N–H and O–H groups in total. The zero-order valence-electron chi connectivity index (χ0n) is 37.8. The molecule has 10 nitrogen and oxygen atoms in total. The molecule has 15 heteroatoms. The molecular weight excluding hydrogens is 781 g/mol. The van der Waals surface area contributed by atoms with Crippen molar-refractivity contribution < 1.29 is 44.3 Å². The lowest BCUT2D eigenvalue weighted by atomic mass is 10.4. The highest BCUT2D eigenvalue weighted by atomic mass is 30.2. The lowest BCUT2D eigenvalue weighted by molar-refractivity contribution is 0.114. The van der Waals surface area contributed by atoms with Gasteiger partial charge >= 0.3 is 38.0 Å². The molecule has 330 valence electrons. The molecule has 0 bridgehead atoms. The van der Waals surface area contributed by atoms with E-state index in [4.69, 9.17) is 44.3 Å². The molecule has 0 aromatic carbocycles. The van der Waals surface area contributed by atoms with E-state index in [1.54, 1.807) is 0 Å². The summed E-state index contributed by atoms with van der Waals surface area (Å²) < 4.78 is 77.6. The molecule has 0 atom stereocenters. The maximum absolute atomic E-state index is 7.76. The maximum atomic E-state index is 7.76. The Labute approximate surface area is 344 Å². The first-order valence-electron chi connectivity index (χ1n) is 23.2. The van der Waals surface area contributed by atoms with Gasteiger partial charge in [-0.05, 0) is 64.2 Å². The maximum Gasteiger partial charge on any atom is 0.433 e. The lowest BCUT2D eigenvalue weighted by Crippen LogP contribution is -2.85. The molecule has 0 aromatic rings. The summed E-state index contributed by atoms with van der Waals surface area (Å²) >= 11 is 0. The summed E-state index contributed by atoms with van der Waals surface area (Å²) in [6.07, 6.45) is 18.5. The van der Waals surface area contributed by atoms with Crippen LogP contribution in [-0.4, -0.2) is 104 Å². The van der Waals surface area contributed by atoms with E-state index in [1.165, 1.54) is 0 Å². The van der Waals surface area contributed by atoms with Gasteiger partial charge < -0.3 is 44.3 Å². The van der Waals surface area contributed by atoms with Crippen molar-refractivity contribution >= 4 is 38.0 Å². The molecule has 1 heterocycles. The third kappa shape index (κ3) is 13.6. The van der Waals surface area contributed by atoms with Gasteiger partial charge in [0, 0.05) is 66.1 Å². The average molecular weight is 872 g/mol. The summed E-state index contributed by atoms with van der Waals surface area (Å²) in [5.74, 6) is 0. The second-order valence-corrected chi connectivity index (χ2v) is 51.4. The third-order valence-corrected chi connectivity index (χ3v) is 83.2. The molecule has 0 spiro atoms. The van der Waals surface area contributed by atoms with Crippen LogP contribution >= 0.6 is 0 Å². The summed E-state index contributed by atoms with van der Waals surface area (Å²) in [5.41, 5.74) is 0. The molecule has 0 saturated carbocycles. The summed E-state index contributed by atoms with van der Waals surface area (Å²) in [6, 6.07) is 0. The molecule has 1 saturated heterocycles. The van der Waals surface area contributed by atoms with Crippen molar-refractivity contribution in [2.75, 3.05) is 66.1 Å². The summed E-state index contributed by atoms with van der Waals surface area (Å²) in [4.78, 5) is 0. The van der Waals surface area contributed by atoms with Crippen LogP contribution in [0.5, 0.6) is 0 Å². The molecule has 0 unspecified atom stereocenters. The van der Waals surface area contributed by atoms with Crippen LogP contribution in [0.4, 0.5) is 0 Å². The van der Waals surface area contributed by atoms with Crippen molar-refractivity contribution in [2.45, 2.75) is 198 Å². The van der Waals surface area contributed by atoms with Crippen LogP contribution in [0.2, 0.25) is 0 Å². The first-order chi connectivity index (χ1) is 26.9. The Morgan fingerprint density at radius 3 is 0.345 bits per heavy atom. The van der Waals surface area contributed by atoms with Gasteiger partial charge in [-0.25, -0.2) is 0 Å². The fraction of sp³-hybridized carbons (Fsp3) is 1.00. The van der Waals surface area contributed by atoms with E-state index in [0.717, 1.165) is 128 Å². The van der Waals surface area contributed by atoms with Gasteiger partial charge in [-0.15, -0.1) is 0 Å². The highest BCUT2D eigenvalue weighted by molar-refractivity contribution is 8.06. The van der Waals surface area contributed by atoms with Crippen LogP contribution in [0.15, 0.2) is 0 Å². The van der Waals surface area contributed by atoms with Gasteiger partial charge in [0.25, 0.3) is 0 Å². The highest BCUT2D eigenvalue weighted by Gasteiger charge is 3.09. The van der Waals surface area contributed by atoms with Crippen LogP contribution in [0.1, 0.15) is 198 Å². The Kier molecular flexibility index (Phi) is 30.8. The second kappa shape index (κ2) is 31.5. The topological polar surface area (TPSA) is 92.3 Å². The highest BCUT2D eigenvalue weighted by Crippen LogP contribution is 2.57. The van der Waals surface area contributed by atoms with Crippen molar-refractivity contribution in [3.05, 3.63) is 0 Å². The van der Waals surface area contributed by atoms with Gasteiger partial charge in [0.05, 0.1) is 0 Å². The number of unbranched alkanes of at least 4 members (excludes halogenated alkanes) is 10.